The monoisotopic (exact) mass is 1160 g/mol. The van der Waals surface area contributed by atoms with E-state index in [0.717, 1.165) is 60.1 Å². The first kappa shape index (κ1) is 65.1. The van der Waals surface area contributed by atoms with Gasteiger partial charge in [-0.05, 0) is 118 Å². The number of nitrogens with one attached hydrogen (secondary N) is 8. The zero-order valence-corrected chi connectivity index (χ0v) is 49.6. The summed E-state index contributed by atoms with van der Waals surface area (Å²) < 4.78 is 0. The highest BCUT2D eigenvalue weighted by molar-refractivity contribution is 6.02. The summed E-state index contributed by atoms with van der Waals surface area (Å²) in [6.07, 6.45) is 4.66. The molecule has 2 saturated heterocycles. The Hall–Kier alpha value is -6.68. The van der Waals surface area contributed by atoms with Crippen LogP contribution in [0.25, 0.3) is 0 Å². The van der Waals surface area contributed by atoms with Gasteiger partial charge < -0.3 is 52.3 Å². The zero-order valence-electron chi connectivity index (χ0n) is 47.9. The Balaban J connectivity index is 0.00000602. The molecule has 2 aliphatic heterocycles. The molecule has 0 aromatic heterocycles. The van der Waals surface area contributed by atoms with Crippen LogP contribution in [0.5, 0.6) is 0 Å². The lowest BCUT2D eigenvalue weighted by atomic mass is 9.85. The molecule has 10 atom stereocenters. The van der Waals surface area contributed by atoms with Crippen LogP contribution in [0.3, 0.4) is 0 Å². The molecule has 3 aromatic rings. The number of likely N-dealkylation sites (N-methyl/N-ethyl adjacent to an activating group) is 2. The van der Waals surface area contributed by atoms with Gasteiger partial charge in [-0.3, -0.25) is 48.5 Å². The average molecular weight is 1160 g/mol. The number of amides is 8. The fourth-order valence-electron chi connectivity index (χ4n) is 11.2. The van der Waals surface area contributed by atoms with Crippen molar-refractivity contribution in [3.8, 4) is 0 Å². The minimum absolute atomic E-state index is 0. The summed E-state index contributed by atoms with van der Waals surface area (Å²) in [4.78, 5) is 128. The number of aryl methyl sites for hydroxylation is 2. The van der Waals surface area contributed by atoms with Crippen LogP contribution in [-0.2, 0) is 41.6 Å². The number of rotatable bonds is 17. The highest BCUT2D eigenvalue weighted by atomic mass is 35.5. The smallest absolute Gasteiger partial charge is 0.271 e. The summed E-state index contributed by atoms with van der Waals surface area (Å²) in [5.74, 6) is -4.45. The van der Waals surface area contributed by atoms with E-state index < -0.39 is 117 Å². The summed E-state index contributed by atoms with van der Waals surface area (Å²) in [6.45, 7) is 13.8. The second kappa shape index (κ2) is 27.4. The van der Waals surface area contributed by atoms with Gasteiger partial charge >= 0.3 is 0 Å². The second-order valence-electron chi connectivity index (χ2n) is 23.8. The lowest BCUT2D eigenvalue weighted by molar-refractivity contribution is -0.384. The van der Waals surface area contributed by atoms with E-state index in [2.05, 4.69) is 42.5 Å². The third-order valence-corrected chi connectivity index (χ3v) is 15.9. The van der Waals surface area contributed by atoms with Crippen molar-refractivity contribution in [1.29, 1.82) is 0 Å². The van der Waals surface area contributed by atoms with E-state index in [9.17, 15) is 48.5 Å². The predicted molar refractivity (Wildman–Crippen MR) is 311 cm³/mol. The summed E-state index contributed by atoms with van der Waals surface area (Å²) >= 11 is 0. The highest BCUT2D eigenvalue weighted by Crippen LogP contribution is 2.34. The van der Waals surface area contributed by atoms with Crippen LogP contribution in [0.2, 0.25) is 0 Å². The molecule has 2 aliphatic carbocycles. The van der Waals surface area contributed by atoms with Crippen molar-refractivity contribution in [2.75, 3.05) is 27.2 Å². The Morgan fingerprint density at radius 2 is 0.951 bits per heavy atom. The molecule has 2 fully saturated rings. The molecule has 0 radical (unpaired) electrons. The van der Waals surface area contributed by atoms with E-state index in [1.165, 1.54) is 15.9 Å². The molecule has 8 N–H and O–H groups in total. The van der Waals surface area contributed by atoms with E-state index in [0.29, 0.717) is 12.8 Å². The summed E-state index contributed by atoms with van der Waals surface area (Å²) in [7, 11) is 3.24. The number of hydrogen-bond acceptors (Lipinski definition) is 12. The summed E-state index contributed by atoms with van der Waals surface area (Å²) in [6, 6.07) is 11.0. The van der Waals surface area contributed by atoms with Gasteiger partial charge in [-0.25, -0.2) is 0 Å². The normalized spacial score (nSPS) is 21.9. The van der Waals surface area contributed by atoms with Crippen molar-refractivity contribution in [1.82, 2.24) is 52.3 Å². The molecule has 2 heterocycles. The second-order valence-corrected chi connectivity index (χ2v) is 23.8. The van der Waals surface area contributed by atoms with Gasteiger partial charge in [0.1, 0.15) is 24.2 Å². The number of halogens is 2. The minimum atomic E-state index is -1.09. The Morgan fingerprint density at radius 3 is 1.30 bits per heavy atom. The van der Waals surface area contributed by atoms with Gasteiger partial charge in [0.05, 0.1) is 29.1 Å². The molecular weight excluding hydrogens is 1080 g/mol. The van der Waals surface area contributed by atoms with Gasteiger partial charge in [0.25, 0.3) is 17.5 Å². The third kappa shape index (κ3) is 15.5. The number of nitro benzene ring substituents is 1. The lowest BCUT2D eigenvalue weighted by Gasteiger charge is -2.36. The first-order valence-electron chi connectivity index (χ1n) is 27.5. The van der Waals surface area contributed by atoms with Crippen LogP contribution < -0.4 is 42.5 Å². The number of hydrogen-bond donors (Lipinski definition) is 8. The largest absolute Gasteiger partial charge is 0.347 e. The minimum Gasteiger partial charge on any atom is -0.347 e. The molecule has 21 nitrogen and oxygen atoms in total. The Morgan fingerprint density at radius 1 is 0.580 bits per heavy atom. The quantitative estimate of drug-likeness (QED) is 0.0686. The number of nitro groups is 1. The number of nitrogens with zero attached hydrogens (tertiary/aromatic N) is 3. The van der Waals surface area contributed by atoms with Crippen LogP contribution in [0.15, 0.2) is 66.7 Å². The van der Waals surface area contributed by atoms with Crippen molar-refractivity contribution in [3.63, 3.8) is 0 Å². The molecule has 3 aromatic carbocycles. The Labute approximate surface area is 486 Å². The van der Waals surface area contributed by atoms with Crippen LogP contribution in [-0.4, -0.2) is 138 Å². The molecule has 442 valence electrons. The molecule has 7 rings (SSSR count). The third-order valence-electron chi connectivity index (χ3n) is 15.9. The molecular formula is C58H81Cl2N11O10. The van der Waals surface area contributed by atoms with Crippen LogP contribution in [0.1, 0.15) is 149 Å². The van der Waals surface area contributed by atoms with Crippen LogP contribution in [0, 0.1) is 20.9 Å². The number of fused-ring (bicyclic) bond motifs is 2. The van der Waals surface area contributed by atoms with Gasteiger partial charge in [-0.15, -0.1) is 24.8 Å². The van der Waals surface area contributed by atoms with E-state index in [-0.39, 0.29) is 74.0 Å². The molecule has 0 saturated carbocycles. The summed E-state index contributed by atoms with van der Waals surface area (Å²) in [5.41, 5.74) is 1.48. The topological polar surface area (TPSA) is 282 Å². The lowest BCUT2D eigenvalue weighted by Crippen LogP contribution is -2.59. The maximum Gasteiger partial charge on any atom is 0.271 e. The average Bonchev–Trinajstić information content (AvgIpc) is 4.12. The van der Waals surface area contributed by atoms with Crippen molar-refractivity contribution in [2.45, 2.75) is 167 Å². The first-order valence-corrected chi connectivity index (χ1v) is 27.5. The van der Waals surface area contributed by atoms with Crippen molar-refractivity contribution in [3.05, 3.63) is 110 Å². The Kier molecular flexibility index (Phi) is 22.0. The van der Waals surface area contributed by atoms with Crippen LogP contribution in [0.4, 0.5) is 5.69 Å². The molecule has 0 spiro atoms. The van der Waals surface area contributed by atoms with Gasteiger partial charge in [-0.1, -0.05) is 90.1 Å². The van der Waals surface area contributed by atoms with E-state index in [1.54, 1.807) is 69.5 Å². The number of carbonyl (C=O) groups is 8. The molecule has 8 amide bonds. The van der Waals surface area contributed by atoms with Gasteiger partial charge in [0.15, 0.2) is 0 Å². The Bertz CT molecular complexity index is 2660. The van der Waals surface area contributed by atoms with Gasteiger partial charge in [-0.2, -0.15) is 0 Å². The maximum absolute atomic E-state index is 14.7. The highest BCUT2D eigenvalue weighted by Gasteiger charge is 2.48. The maximum atomic E-state index is 14.7. The number of likely N-dealkylation sites (tertiary alicyclic amines) is 2. The van der Waals surface area contributed by atoms with Crippen molar-refractivity contribution >= 4 is 77.8 Å². The molecule has 4 aliphatic rings. The van der Waals surface area contributed by atoms with Gasteiger partial charge in [0.2, 0.25) is 35.4 Å². The number of benzene rings is 3. The van der Waals surface area contributed by atoms with E-state index in [1.807, 2.05) is 48.5 Å². The fourth-order valence-corrected chi connectivity index (χ4v) is 11.2. The van der Waals surface area contributed by atoms with E-state index in [4.69, 9.17) is 0 Å². The fraction of sp³-hybridized carbons (Fsp3) is 0.552. The molecule has 0 bridgehead atoms. The number of carbonyl (C=O) groups excluding carboxylic acids is 8. The van der Waals surface area contributed by atoms with E-state index >= 15 is 0 Å². The van der Waals surface area contributed by atoms with Crippen LogP contribution >= 0.6 is 24.8 Å². The SMILES string of the molecule is CN[C@@H](C)C(=O)NC(C(=O)N1C[C@@H](NC(=O)c2cc(C(=O)N[C@H]3C[C@@H](C(=O)N[C@@H]4CCCc5ccccc54)N(C(=O)[C@@H](NC(=O)[C@H](C)NC)C(C)(C)C)C3)cc([N+](=O)[O-])c2)CC1C(=O)N[C@@H]1CCCc2ccccc21)C(C)(C)C.Cl.Cl. The van der Waals surface area contributed by atoms with Crippen molar-refractivity contribution < 1.29 is 43.3 Å². The zero-order chi connectivity index (χ0) is 57.7. The standard InChI is InChI=1S/C58H79N11O10.2ClH/c1-32(59-9)49(70)65-47(57(3,4)5)55(76)67-30-38(28-45(67)53(74)63-43-23-15-19-34-17-11-13-21-41(34)43)61-51(72)36-25-37(27-40(26-36)69(78)79)52(73)62-39-29-46(54(75)64-44-24-16-20-35-18-12-14-22-42(35)44)68(31-39)56(77)48(58(6,7)8)66-50(71)33(2)60-10;;/h11-14,17-18,21-22,25-27,32-33,38-39,43-48,59-60H,15-16,19-20,23-24,28-31H2,1-10H3,(H,61,72)(H,62,73)(H,63,74)(H,64,75)(H,65,70)(H,66,71);2*1H/t32-,33-,38-,39-,43+,44+,45-,46?,47+,48?;;/m0../s1. The summed E-state index contributed by atoms with van der Waals surface area (Å²) in [5, 5.41) is 36.0. The molecule has 2 unspecified atom stereocenters. The molecule has 81 heavy (non-hydrogen) atoms. The molecule has 23 heteroatoms. The number of non-ortho nitro benzene ring substituents is 1. The van der Waals surface area contributed by atoms with Gasteiger partial charge in [0, 0.05) is 48.4 Å². The first-order chi connectivity index (χ1) is 37.3. The van der Waals surface area contributed by atoms with Crippen molar-refractivity contribution in [2.24, 2.45) is 10.8 Å². The predicted octanol–water partition coefficient (Wildman–Crippen LogP) is 4.50.